The number of amides is 1. The van der Waals surface area contributed by atoms with E-state index in [1.165, 1.54) is 12.3 Å². The van der Waals surface area contributed by atoms with Crippen LogP contribution < -0.4 is 10.1 Å². The van der Waals surface area contributed by atoms with Crippen molar-refractivity contribution in [2.24, 2.45) is 0 Å². The fourth-order valence-electron chi connectivity index (χ4n) is 1.76. The minimum absolute atomic E-state index is 0.0368. The van der Waals surface area contributed by atoms with Gasteiger partial charge in [-0.25, -0.2) is 9.78 Å². The van der Waals surface area contributed by atoms with Gasteiger partial charge in [-0.15, -0.1) is 0 Å². The molecule has 0 unspecified atom stereocenters. The Morgan fingerprint density at radius 2 is 2.24 bits per heavy atom. The van der Waals surface area contributed by atoms with Crippen molar-refractivity contribution in [3.63, 3.8) is 0 Å². The molecule has 0 aromatic carbocycles. The predicted octanol–water partition coefficient (Wildman–Crippen LogP) is 1.89. The van der Waals surface area contributed by atoms with Gasteiger partial charge in [0.05, 0.1) is 13.2 Å². The van der Waals surface area contributed by atoms with Crippen LogP contribution in [0.25, 0.3) is 0 Å². The summed E-state index contributed by atoms with van der Waals surface area (Å²) in [7, 11) is 0. The van der Waals surface area contributed by atoms with Crippen LogP contribution in [0.4, 0.5) is 9.18 Å². The fraction of sp³-hybridized carbons (Fsp3) is 0.571. The first-order chi connectivity index (χ1) is 9.80. The maximum atomic E-state index is 13.4. The van der Waals surface area contributed by atoms with Crippen molar-refractivity contribution >= 4 is 6.09 Å². The Hall–Kier alpha value is -1.89. The van der Waals surface area contributed by atoms with E-state index >= 15 is 0 Å². The molecule has 2 rings (SSSR count). The largest absolute Gasteiger partial charge is 0.486 e. The second kappa shape index (κ2) is 5.85. The first-order valence-electron chi connectivity index (χ1n) is 6.62. The van der Waals surface area contributed by atoms with E-state index in [0.717, 1.165) is 0 Å². The van der Waals surface area contributed by atoms with Crippen LogP contribution in [-0.4, -0.2) is 42.0 Å². The second-order valence-corrected chi connectivity index (χ2v) is 5.98. The molecule has 1 aromatic rings. The quantitative estimate of drug-likeness (QED) is 0.860. The number of halogens is 1. The number of nitrogens with zero attached hydrogens (tertiary/aromatic N) is 1. The van der Waals surface area contributed by atoms with Crippen LogP contribution in [0.1, 0.15) is 20.8 Å². The molecule has 0 spiro atoms. The number of hydrogen-bond donors (Lipinski definition) is 1. The molecule has 0 saturated carbocycles. The molecule has 1 N–H and O–H groups in total. The van der Waals surface area contributed by atoms with E-state index in [4.69, 9.17) is 14.2 Å². The molecule has 7 heteroatoms. The SMILES string of the molecule is CC(C)(C)OC(=O)NC1(COc2cccnc2F)COC1. The minimum Gasteiger partial charge on any atom is -0.486 e. The van der Waals surface area contributed by atoms with Crippen molar-refractivity contribution in [1.82, 2.24) is 10.3 Å². The zero-order valence-corrected chi connectivity index (χ0v) is 12.3. The van der Waals surface area contributed by atoms with Crippen LogP contribution in [0.2, 0.25) is 0 Å². The fourth-order valence-corrected chi connectivity index (χ4v) is 1.76. The number of alkyl carbamates (subject to hydrolysis) is 1. The first kappa shape index (κ1) is 15.5. The van der Waals surface area contributed by atoms with Crippen LogP contribution in [0.15, 0.2) is 18.3 Å². The van der Waals surface area contributed by atoms with Crippen molar-refractivity contribution in [2.75, 3.05) is 19.8 Å². The van der Waals surface area contributed by atoms with Gasteiger partial charge in [-0.05, 0) is 32.9 Å². The maximum Gasteiger partial charge on any atom is 0.408 e. The van der Waals surface area contributed by atoms with Crippen molar-refractivity contribution in [2.45, 2.75) is 31.9 Å². The number of nitrogens with one attached hydrogen (secondary N) is 1. The standard InChI is InChI=1S/C14H19FN2O4/c1-13(2,3)21-12(18)17-14(7-19-8-14)9-20-10-5-4-6-16-11(10)15/h4-6H,7-9H2,1-3H3,(H,17,18). The molecule has 1 saturated heterocycles. The van der Waals surface area contributed by atoms with Gasteiger partial charge in [-0.3, -0.25) is 0 Å². The lowest BCUT2D eigenvalue weighted by molar-refractivity contribution is -0.0933. The lowest BCUT2D eigenvalue weighted by Gasteiger charge is -2.41. The van der Waals surface area contributed by atoms with E-state index in [0.29, 0.717) is 0 Å². The van der Waals surface area contributed by atoms with Crippen LogP contribution in [0.3, 0.4) is 0 Å². The van der Waals surface area contributed by atoms with Gasteiger partial charge in [0.15, 0.2) is 5.75 Å². The molecule has 0 atom stereocenters. The summed E-state index contributed by atoms with van der Waals surface area (Å²) >= 11 is 0. The molecule has 116 valence electrons. The number of hydrogen-bond acceptors (Lipinski definition) is 5. The van der Waals surface area contributed by atoms with Crippen LogP contribution in [0, 0.1) is 5.95 Å². The maximum absolute atomic E-state index is 13.4. The molecule has 1 aliphatic rings. The van der Waals surface area contributed by atoms with E-state index < -0.39 is 23.2 Å². The summed E-state index contributed by atoms with van der Waals surface area (Å²) in [6, 6.07) is 3.05. The average Bonchev–Trinajstić information content (AvgIpc) is 2.32. The van der Waals surface area contributed by atoms with Crippen molar-refractivity contribution < 1.29 is 23.4 Å². The highest BCUT2D eigenvalue weighted by molar-refractivity contribution is 5.69. The molecular weight excluding hydrogens is 279 g/mol. The Kier molecular flexibility index (Phi) is 4.32. The van der Waals surface area contributed by atoms with E-state index in [1.54, 1.807) is 26.8 Å². The van der Waals surface area contributed by atoms with E-state index in [1.807, 2.05) is 0 Å². The lowest BCUT2D eigenvalue weighted by atomic mass is 9.99. The number of carbonyl (C=O) groups excluding carboxylic acids is 1. The Morgan fingerprint density at radius 3 is 2.76 bits per heavy atom. The number of pyridine rings is 1. The summed E-state index contributed by atoms with van der Waals surface area (Å²) in [5.74, 6) is -0.653. The summed E-state index contributed by atoms with van der Waals surface area (Å²) < 4.78 is 29.1. The van der Waals surface area contributed by atoms with Crippen molar-refractivity contribution in [1.29, 1.82) is 0 Å². The highest BCUT2D eigenvalue weighted by Crippen LogP contribution is 2.21. The third-order valence-corrected chi connectivity index (χ3v) is 2.75. The molecule has 1 fully saturated rings. The third-order valence-electron chi connectivity index (χ3n) is 2.75. The lowest BCUT2D eigenvalue weighted by Crippen LogP contribution is -2.66. The number of ether oxygens (including phenoxy) is 3. The first-order valence-corrected chi connectivity index (χ1v) is 6.62. The van der Waals surface area contributed by atoms with Crippen molar-refractivity contribution in [3.05, 3.63) is 24.3 Å². The van der Waals surface area contributed by atoms with Crippen LogP contribution >= 0.6 is 0 Å². The molecule has 0 aliphatic carbocycles. The third kappa shape index (κ3) is 4.29. The predicted molar refractivity (Wildman–Crippen MR) is 72.6 cm³/mol. The van der Waals surface area contributed by atoms with Crippen LogP contribution in [0.5, 0.6) is 5.75 Å². The number of rotatable bonds is 4. The highest BCUT2D eigenvalue weighted by Gasteiger charge is 2.42. The summed E-state index contributed by atoms with van der Waals surface area (Å²) in [5, 5.41) is 2.72. The van der Waals surface area contributed by atoms with Gasteiger partial charge in [0.2, 0.25) is 0 Å². The Balaban J connectivity index is 1.93. The van der Waals surface area contributed by atoms with E-state index in [-0.39, 0.29) is 25.6 Å². The van der Waals surface area contributed by atoms with Gasteiger partial charge < -0.3 is 19.5 Å². The van der Waals surface area contributed by atoms with Gasteiger partial charge in [0.25, 0.3) is 5.95 Å². The summed E-state index contributed by atoms with van der Waals surface area (Å²) in [4.78, 5) is 15.3. The zero-order valence-electron chi connectivity index (χ0n) is 12.3. The number of aromatic nitrogens is 1. The molecular formula is C14H19FN2O4. The topological polar surface area (TPSA) is 69.7 Å². The van der Waals surface area contributed by atoms with E-state index in [9.17, 15) is 9.18 Å². The normalized spacial score (nSPS) is 16.8. The van der Waals surface area contributed by atoms with Crippen LogP contribution in [-0.2, 0) is 9.47 Å². The van der Waals surface area contributed by atoms with Gasteiger partial charge >= 0.3 is 6.09 Å². The Bertz CT molecular complexity index is 512. The zero-order chi connectivity index (χ0) is 15.5. The molecule has 1 amide bonds. The molecule has 21 heavy (non-hydrogen) atoms. The van der Waals surface area contributed by atoms with E-state index in [2.05, 4.69) is 10.3 Å². The molecule has 0 radical (unpaired) electrons. The van der Waals surface area contributed by atoms with Gasteiger partial charge in [0.1, 0.15) is 17.7 Å². The highest BCUT2D eigenvalue weighted by atomic mass is 19.1. The Morgan fingerprint density at radius 1 is 1.52 bits per heavy atom. The molecule has 1 aromatic heterocycles. The van der Waals surface area contributed by atoms with Gasteiger partial charge in [-0.2, -0.15) is 4.39 Å². The molecule has 2 heterocycles. The summed E-state index contributed by atoms with van der Waals surface area (Å²) in [5.41, 5.74) is -1.29. The van der Waals surface area contributed by atoms with Gasteiger partial charge in [0, 0.05) is 6.20 Å². The molecule has 6 nitrogen and oxygen atoms in total. The smallest absolute Gasteiger partial charge is 0.408 e. The summed E-state index contributed by atoms with van der Waals surface area (Å²) in [6.45, 7) is 5.98. The van der Waals surface area contributed by atoms with Gasteiger partial charge in [-0.1, -0.05) is 0 Å². The minimum atomic E-state index is -0.704. The average molecular weight is 298 g/mol. The molecule has 0 bridgehead atoms. The molecule has 1 aliphatic heterocycles. The monoisotopic (exact) mass is 298 g/mol. The Labute approximate surface area is 122 Å². The summed E-state index contributed by atoms with van der Waals surface area (Å²) in [6.07, 6.45) is 0.782. The second-order valence-electron chi connectivity index (χ2n) is 5.98. The number of carbonyl (C=O) groups is 1. The van der Waals surface area contributed by atoms with Crippen molar-refractivity contribution in [3.8, 4) is 5.75 Å².